The van der Waals surface area contributed by atoms with Crippen LogP contribution in [0, 0.1) is 26.7 Å². The zero-order valence-corrected chi connectivity index (χ0v) is 12.1. The van der Waals surface area contributed by atoms with Crippen molar-refractivity contribution in [2.45, 2.75) is 46.5 Å². The van der Waals surface area contributed by atoms with Crippen LogP contribution in [0.2, 0.25) is 0 Å². The van der Waals surface area contributed by atoms with Crippen molar-refractivity contribution in [3.8, 4) is 0 Å². The maximum Gasteiger partial charge on any atom is 0.00886 e. The Morgan fingerprint density at radius 1 is 1.17 bits per heavy atom. The second kappa shape index (κ2) is 5.14. The number of benzene rings is 1. The molecule has 0 saturated carbocycles. The third-order valence-electron chi connectivity index (χ3n) is 4.13. The summed E-state index contributed by atoms with van der Waals surface area (Å²) in [6, 6.07) is 4.61. The minimum absolute atomic E-state index is 0.525. The van der Waals surface area contributed by atoms with Crippen molar-refractivity contribution >= 4 is 0 Å². The predicted molar refractivity (Wildman–Crippen MR) is 80.1 cm³/mol. The van der Waals surface area contributed by atoms with Gasteiger partial charge >= 0.3 is 0 Å². The van der Waals surface area contributed by atoms with E-state index in [9.17, 15) is 0 Å². The topological polar surface area (TPSA) is 0 Å². The molecule has 0 unspecified atom stereocenters. The average Bonchev–Trinajstić information content (AvgIpc) is 2.28. The fraction of sp³-hybridized carbons (Fsp3) is 0.444. The van der Waals surface area contributed by atoms with Gasteiger partial charge in [0.05, 0.1) is 0 Å². The van der Waals surface area contributed by atoms with Crippen LogP contribution in [0.15, 0.2) is 36.4 Å². The first-order valence-corrected chi connectivity index (χ1v) is 6.90. The molecule has 1 aliphatic carbocycles. The summed E-state index contributed by atoms with van der Waals surface area (Å²) < 4.78 is 0. The summed E-state index contributed by atoms with van der Waals surface area (Å²) in [4.78, 5) is 0. The molecule has 0 nitrogen and oxygen atoms in total. The molecule has 1 aromatic rings. The standard InChI is InChI=1S/C18H24/c1-12(2)16-8-6-7-9-17(16)18-14(4)10-13(3)11-15(18)5/h7,9-11,16-17H,1,6,8H2,2-5H3/t16-,17+/m0/s1. The van der Waals surface area contributed by atoms with E-state index in [1.54, 1.807) is 0 Å². The highest BCUT2D eigenvalue weighted by Gasteiger charge is 2.26. The number of aryl methyl sites for hydroxylation is 3. The molecule has 0 amide bonds. The Morgan fingerprint density at radius 3 is 2.33 bits per heavy atom. The van der Waals surface area contributed by atoms with Crippen LogP contribution in [-0.4, -0.2) is 0 Å². The molecule has 0 heteroatoms. The molecule has 0 aliphatic heterocycles. The quantitative estimate of drug-likeness (QED) is 0.620. The Bertz CT molecular complexity index is 468. The maximum absolute atomic E-state index is 4.20. The minimum atomic E-state index is 0.525. The first-order valence-electron chi connectivity index (χ1n) is 6.90. The van der Waals surface area contributed by atoms with Crippen molar-refractivity contribution in [3.63, 3.8) is 0 Å². The van der Waals surface area contributed by atoms with E-state index in [0.717, 1.165) is 0 Å². The van der Waals surface area contributed by atoms with E-state index in [-0.39, 0.29) is 0 Å². The smallest absolute Gasteiger partial charge is 0.00886 e. The van der Waals surface area contributed by atoms with Gasteiger partial charge in [0.15, 0.2) is 0 Å². The van der Waals surface area contributed by atoms with Crippen LogP contribution in [-0.2, 0) is 0 Å². The summed E-state index contributed by atoms with van der Waals surface area (Å²) in [5, 5.41) is 0. The lowest BCUT2D eigenvalue weighted by Gasteiger charge is -2.31. The number of rotatable bonds is 2. The van der Waals surface area contributed by atoms with Gasteiger partial charge in [-0.3, -0.25) is 0 Å². The average molecular weight is 240 g/mol. The molecule has 1 aliphatic rings. The zero-order valence-electron chi connectivity index (χ0n) is 12.1. The van der Waals surface area contributed by atoms with Crippen LogP contribution in [0.1, 0.15) is 47.9 Å². The van der Waals surface area contributed by atoms with E-state index in [1.165, 1.54) is 40.7 Å². The largest absolute Gasteiger partial charge is 0.0998 e. The number of hydrogen-bond donors (Lipinski definition) is 0. The van der Waals surface area contributed by atoms with Crippen molar-refractivity contribution < 1.29 is 0 Å². The van der Waals surface area contributed by atoms with Crippen LogP contribution in [0.25, 0.3) is 0 Å². The van der Waals surface area contributed by atoms with E-state index in [0.29, 0.717) is 11.8 Å². The normalized spacial score (nSPS) is 23.1. The molecule has 0 bridgehead atoms. The van der Waals surface area contributed by atoms with Gasteiger partial charge in [-0.2, -0.15) is 0 Å². The fourth-order valence-electron chi connectivity index (χ4n) is 3.40. The van der Waals surface area contributed by atoms with Gasteiger partial charge in [-0.1, -0.05) is 42.0 Å². The van der Waals surface area contributed by atoms with E-state index in [2.05, 4.69) is 58.6 Å². The molecule has 0 heterocycles. The summed E-state index contributed by atoms with van der Waals surface area (Å²) in [5.74, 6) is 1.13. The van der Waals surface area contributed by atoms with Gasteiger partial charge in [0.2, 0.25) is 0 Å². The Kier molecular flexibility index (Phi) is 3.75. The third kappa shape index (κ3) is 2.43. The van der Waals surface area contributed by atoms with Gasteiger partial charge in [-0.25, -0.2) is 0 Å². The lowest BCUT2D eigenvalue weighted by molar-refractivity contribution is 0.492. The summed E-state index contributed by atoms with van der Waals surface area (Å²) in [6.45, 7) is 13.0. The lowest BCUT2D eigenvalue weighted by Crippen LogP contribution is -2.17. The van der Waals surface area contributed by atoms with Gasteiger partial charge < -0.3 is 0 Å². The highest BCUT2D eigenvalue weighted by atomic mass is 14.3. The molecule has 0 fully saturated rings. The fourth-order valence-corrected chi connectivity index (χ4v) is 3.40. The van der Waals surface area contributed by atoms with Gasteiger partial charge in [-0.15, -0.1) is 0 Å². The van der Waals surface area contributed by atoms with E-state index < -0.39 is 0 Å². The summed E-state index contributed by atoms with van der Waals surface area (Å²) in [6.07, 6.45) is 7.16. The molecule has 18 heavy (non-hydrogen) atoms. The second-order valence-electron chi connectivity index (χ2n) is 5.80. The molecule has 2 atom stereocenters. The molecule has 1 aromatic carbocycles. The number of allylic oxidation sites excluding steroid dienone is 3. The molecule has 96 valence electrons. The Morgan fingerprint density at radius 2 is 1.78 bits per heavy atom. The van der Waals surface area contributed by atoms with Crippen LogP contribution >= 0.6 is 0 Å². The Hall–Kier alpha value is -1.30. The highest BCUT2D eigenvalue weighted by Crippen LogP contribution is 2.40. The van der Waals surface area contributed by atoms with Crippen molar-refractivity contribution in [2.75, 3.05) is 0 Å². The van der Waals surface area contributed by atoms with Crippen LogP contribution in [0.4, 0.5) is 0 Å². The molecule has 2 rings (SSSR count). The zero-order chi connectivity index (χ0) is 13.3. The monoisotopic (exact) mass is 240 g/mol. The molecule has 0 spiro atoms. The van der Waals surface area contributed by atoms with E-state index in [4.69, 9.17) is 0 Å². The third-order valence-corrected chi connectivity index (χ3v) is 4.13. The molecular weight excluding hydrogens is 216 g/mol. The van der Waals surface area contributed by atoms with Crippen LogP contribution in [0.5, 0.6) is 0 Å². The van der Waals surface area contributed by atoms with Gasteiger partial charge in [0.25, 0.3) is 0 Å². The van der Waals surface area contributed by atoms with Crippen molar-refractivity contribution in [2.24, 2.45) is 5.92 Å². The summed E-state index contributed by atoms with van der Waals surface area (Å²) in [5.41, 5.74) is 7.05. The lowest BCUT2D eigenvalue weighted by atomic mass is 9.74. The van der Waals surface area contributed by atoms with E-state index >= 15 is 0 Å². The molecule has 0 radical (unpaired) electrons. The summed E-state index contributed by atoms with van der Waals surface area (Å²) in [7, 11) is 0. The molecular formula is C18H24. The van der Waals surface area contributed by atoms with Crippen molar-refractivity contribution in [1.29, 1.82) is 0 Å². The second-order valence-corrected chi connectivity index (χ2v) is 5.80. The molecule has 0 aromatic heterocycles. The van der Waals surface area contributed by atoms with Crippen LogP contribution < -0.4 is 0 Å². The van der Waals surface area contributed by atoms with E-state index in [1.807, 2.05) is 0 Å². The first kappa shape index (κ1) is 13.1. The van der Waals surface area contributed by atoms with Crippen molar-refractivity contribution in [1.82, 2.24) is 0 Å². The Balaban J connectivity index is 2.49. The predicted octanol–water partition coefficient (Wildman–Crippen LogP) is 5.24. The first-order chi connectivity index (χ1) is 8.50. The Labute approximate surface area is 111 Å². The van der Waals surface area contributed by atoms with Gasteiger partial charge in [-0.05, 0) is 63.1 Å². The highest BCUT2D eigenvalue weighted by molar-refractivity contribution is 5.43. The SMILES string of the molecule is C=C(C)[C@@H]1CCC=C[C@H]1c1c(C)cc(C)cc1C. The molecule has 0 saturated heterocycles. The van der Waals surface area contributed by atoms with Crippen LogP contribution in [0.3, 0.4) is 0 Å². The number of hydrogen-bond acceptors (Lipinski definition) is 0. The maximum atomic E-state index is 4.20. The molecule has 0 N–H and O–H groups in total. The summed E-state index contributed by atoms with van der Waals surface area (Å²) >= 11 is 0. The van der Waals surface area contributed by atoms with Gasteiger partial charge in [0.1, 0.15) is 0 Å². The van der Waals surface area contributed by atoms with Crippen molar-refractivity contribution in [3.05, 3.63) is 58.7 Å². The van der Waals surface area contributed by atoms with Gasteiger partial charge in [0, 0.05) is 5.92 Å². The minimum Gasteiger partial charge on any atom is -0.0998 e.